The number of nitrogens with one attached hydrogen (secondary N) is 1. The Bertz CT molecular complexity index is 662. The van der Waals surface area contributed by atoms with Gasteiger partial charge in [-0.05, 0) is 37.5 Å². The van der Waals surface area contributed by atoms with Crippen LogP contribution in [0.1, 0.15) is 40.0 Å². The van der Waals surface area contributed by atoms with Crippen molar-refractivity contribution in [2.75, 3.05) is 13.1 Å². The van der Waals surface area contributed by atoms with E-state index in [-0.39, 0.29) is 31.2 Å². The Hall–Kier alpha value is -2.41. The second kappa shape index (κ2) is 9.91. The molecule has 144 valence electrons. The highest BCUT2D eigenvalue weighted by Gasteiger charge is 2.33. The lowest BCUT2D eigenvalue weighted by molar-refractivity contribution is -0.138. The summed E-state index contributed by atoms with van der Waals surface area (Å²) in [6.45, 7) is 10.6. The lowest BCUT2D eigenvalue weighted by Crippen LogP contribution is -2.20. The molecule has 0 amide bonds. The van der Waals surface area contributed by atoms with Crippen LogP contribution in [0.4, 0.5) is 0 Å². The maximum atomic E-state index is 11.1. The van der Waals surface area contributed by atoms with E-state index in [0.717, 1.165) is 23.5 Å². The van der Waals surface area contributed by atoms with Crippen LogP contribution in [0.3, 0.4) is 0 Å². The molecule has 2 atom stereocenters. The smallest absolute Gasteiger partial charge is 0.307 e. The molecule has 1 heterocycles. The minimum absolute atomic E-state index is 0.00348. The van der Waals surface area contributed by atoms with Gasteiger partial charge in [0, 0.05) is 48.5 Å². The number of hydrogen-bond donors (Lipinski definition) is 4. The molecule has 0 aliphatic carbocycles. The van der Waals surface area contributed by atoms with Gasteiger partial charge in [-0.15, -0.1) is 0 Å². The van der Waals surface area contributed by atoms with E-state index in [2.05, 4.69) is 16.9 Å². The van der Waals surface area contributed by atoms with Crippen LogP contribution >= 0.6 is 0 Å². The molecule has 7 nitrogen and oxygen atoms in total. The summed E-state index contributed by atoms with van der Waals surface area (Å²) in [5.41, 5.74) is 9.44. The van der Waals surface area contributed by atoms with Gasteiger partial charge in [-0.1, -0.05) is 13.5 Å². The van der Waals surface area contributed by atoms with Gasteiger partial charge in [0.05, 0.1) is 6.42 Å². The first kappa shape index (κ1) is 21.6. The van der Waals surface area contributed by atoms with Crippen LogP contribution in [0.2, 0.25) is 0 Å². The molecule has 0 fully saturated rings. The summed E-state index contributed by atoms with van der Waals surface area (Å²) in [6, 6.07) is 0. The average Bonchev–Trinajstić information content (AvgIpc) is 2.86. The summed E-state index contributed by atoms with van der Waals surface area (Å²) in [5.74, 6) is -2.06. The van der Waals surface area contributed by atoms with Crippen LogP contribution < -0.4 is 11.1 Å². The maximum Gasteiger partial charge on any atom is 0.307 e. The summed E-state index contributed by atoms with van der Waals surface area (Å²) in [4.78, 5) is 26.8. The summed E-state index contributed by atoms with van der Waals surface area (Å²) in [5, 5.41) is 21.4. The van der Waals surface area contributed by atoms with Gasteiger partial charge in [-0.3, -0.25) is 14.6 Å². The number of rotatable bonds is 10. The minimum Gasteiger partial charge on any atom is -0.481 e. The van der Waals surface area contributed by atoms with Gasteiger partial charge in [-0.2, -0.15) is 0 Å². The summed E-state index contributed by atoms with van der Waals surface area (Å²) < 4.78 is 0. The summed E-state index contributed by atoms with van der Waals surface area (Å²) in [7, 11) is 0. The van der Waals surface area contributed by atoms with E-state index in [9.17, 15) is 9.59 Å². The molecule has 26 heavy (non-hydrogen) atoms. The number of carbonyl (C=O) groups is 2. The monoisotopic (exact) mass is 363 g/mol. The molecule has 0 aromatic heterocycles. The lowest BCUT2D eigenvalue weighted by Gasteiger charge is -2.18. The highest BCUT2D eigenvalue weighted by atomic mass is 16.4. The Balaban J connectivity index is 3.34. The van der Waals surface area contributed by atoms with Crippen molar-refractivity contribution in [3.8, 4) is 0 Å². The topological polar surface area (TPSA) is 125 Å². The molecule has 0 radical (unpaired) electrons. The predicted molar refractivity (Wildman–Crippen MR) is 102 cm³/mol. The Kier molecular flexibility index (Phi) is 8.25. The van der Waals surface area contributed by atoms with Crippen molar-refractivity contribution in [2.24, 2.45) is 22.6 Å². The van der Waals surface area contributed by atoms with Crippen molar-refractivity contribution in [1.29, 1.82) is 0 Å². The van der Waals surface area contributed by atoms with Crippen molar-refractivity contribution in [1.82, 2.24) is 5.32 Å². The van der Waals surface area contributed by atoms with Crippen LogP contribution in [0.25, 0.3) is 0 Å². The highest BCUT2D eigenvalue weighted by Crippen LogP contribution is 2.37. The van der Waals surface area contributed by atoms with E-state index >= 15 is 0 Å². The number of allylic oxidation sites excluding steroid dienone is 3. The van der Waals surface area contributed by atoms with Gasteiger partial charge in [0.15, 0.2) is 0 Å². The van der Waals surface area contributed by atoms with Crippen molar-refractivity contribution in [3.63, 3.8) is 0 Å². The second-order valence-electron chi connectivity index (χ2n) is 6.50. The fourth-order valence-corrected chi connectivity index (χ4v) is 3.05. The first-order valence-electron chi connectivity index (χ1n) is 8.76. The number of carboxylic acids is 2. The number of nitrogens with zero attached hydrogens (tertiary/aromatic N) is 1. The predicted octanol–water partition coefficient (Wildman–Crippen LogP) is 2.32. The minimum atomic E-state index is -0.975. The van der Waals surface area contributed by atoms with Gasteiger partial charge >= 0.3 is 11.9 Å². The SMILES string of the molecule is C=C(C)/C(=C/C1=NC(=C(\CN)CC(=O)O)/[C@@H](CCC(=O)O)[C@@H]1C)NCC. The maximum absolute atomic E-state index is 11.1. The standard InChI is InChI=1S/C19H29N3O4/c1-5-21-15(11(2)3)9-16-12(4)14(6-7-17(23)24)19(22-16)13(10-20)8-18(25)26/h9,12,14,21H,2,5-8,10,20H2,1,3-4H3,(H,23,24)(H,25,26)/b15-9-,19-13-/t12-,14-/m0/s1. The molecule has 7 heteroatoms. The average molecular weight is 363 g/mol. The van der Waals surface area contributed by atoms with Gasteiger partial charge in [0.2, 0.25) is 0 Å². The van der Waals surface area contributed by atoms with Crippen LogP contribution in [-0.2, 0) is 9.59 Å². The number of nitrogens with two attached hydrogens (primary N) is 1. The Morgan fingerprint density at radius 2 is 2.00 bits per heavy atom. The summed E-state index contributed by atoms with van der Waals surface area (Å²) >= 11 is 0. The molecule has 0 saturated carbocycles. The normalized spacial score (nSPS) is 22.0. The fourth-order valence-electron chi connectivity index (χ4n) is 3.05. The lowest BCUT2D eigenvalue weighted by atomic mass is 9.84. The molecule has 0 unspecified atom stereocenters. The van der Waals surface area contributed by atoms with E-state index < -0.39 is 11.9 Å². The molecule has 0 aromatic carbocycles. The van der Waals surface area contributed by atoms with E-state index in [1.165, 1.54) is 0 Å². The first-order chi connectivity index (χ1) is 12.2. The van der Waals surface area contributed by atoms with E-state index in [0.29, 0.717) is 17.7 Å². The molecule has 0 saturated heterocycles. The molecule has 1 rings (SSSR count). The van der Waals surface area contributed by atoms with Gasteiger partial charge in [-0.25, -0.2) is 0 Å². The number of hydrogen-bond acceptors (Lipinski definition) is 5. The zero-order chi connectivity index (χ0) is 19.9. The molecular weight excluding hydrogens is 334 g/mol. The Morgan fingerprint density at radius 3 is 2.46 bits per heavy atom. The zero-order valence-electron chi connectivity index (χ0n) is 15.7. The van der Waals surface area contributed by atoms with Crippen molar-refractivity contribution < 1.29 is 19.8 Å². The van der Waals surface area contributed by atoms with E-state index in [4.69, 9.17) is 15.9 Å². The largest absolute Gasteiger partial charge is 0.481 e. The molecule has 0 bridgehead atoms. The molecule has 1 aliphatic rings. The first-order valence-corrected chi connectivity index (χ1v) is 8.76. The van der Waals surface area contributed by atoms with Crippen LogP contribution in [0, 0.1) is 11.8 Å². The van der Waals surface area contributed by atoms with Crippen molar-refractivity contribution in [3.05, 3.63) is 35.2 Å². The third kappa shape index (κ3) is 5.84. The third-order valence-electron chi connectivity index (χ3n) is 4.43. The fraction of sp³-hybridized carbons (Fsp3) is 0.526. The zero-order valence-corrected chi connectivity index (χ0v) is 15.7. The van der Waals surface area contributed by atoms with Crippen LogP contribution in [-0.4, -0.2) is 41.0 Å². The van der Waals surface area contributed by atoms with Crippen LogP contribution in [0.5, 0.6) is 0 Å². The van der Waals surface area contributed by atoms with E-state index in [1.807, 2.05) is 26.8 Å². The number of likely N-dealkylation sites (N-methyl/N-ethyl adjacent to an activating group) is 1. The van der Waals surface area contributed by atoms with Gasteiger partial charge in [0.1, 0.15) is 0 Å². The molecular formula is C19H29N3O4. The summed E-state index contributed by atoms with van der Waals surface area (Å²) in [6.07, 6.45) is 2.10. The second-order valence-corrected chi connectivity index (χ2v) is 6.50. The van der Waals surface area contributed by atoms with Crippen LogP contribution in [0.15, 0.2) is 40.2 Å². The third-order valence-corrected chi connectivity index (χ3v) is 4.43. The van der Waals surface area contributed by atoms with Gasteiger partial charge in [0.25, 0.3) is 0 Å². The van der Waals surface area contributed by atoms with Gasteiger partial charge < -0.3 is 21.3 Å². The molecule has 0 aromatic rings. The quantitative estimate of drug-likeness (QED) is 0.441. The number of carboxylic acid groups (broad SMARTS) is 2. The molecule has 0 spiro atoms. The van der Waals surface area contributed by atoms with Crippen molar-refractivity contribution >= 4 is 17.7 Å². The Morgan fingerprint density at radius 1 is 1.35 bits per heavy atom. The van der Waals surface area contributed by atoms with Crippen molar-refractivity contribution in [2.45, 2.75) is 40.0 Å². The molecule has 1 aliphatic heterocycles. The number of aliphatic imine (C=N–C) groups is 1. The number of aliphatic carboxylic acids is 2. The highest BCUT2D eigenvalue weighted by molar-refractivity contribution is 6.00. The Labute approximate surface area is 154 Å². The van der Waals surface area contributed by atoms with E-state index in [1.54, 1.807) is 0 Å². The molecule has 5 N–H and O–H groups in total.